The molecule has 1 aromatic carbocycles. The molecule has 0 atom stereocenters. The van der Waals surface area contributed by atoms with E-state index < -0.39 is 0 Å². The predicted molar refractivity (Wildman–Crippen MR) is 78.9 cm³/mol. The normalized spacial score (nSPS) is 10.5. The number of carbonyl (C=O) groups is 1. The Labute approximate surface area is 117 Å². The molecule has 0 saturated carbocycles. The molecular formula is C14H17N3OS. The number of nitrogens with one attached hydrogen (secondary N) is 2. The van der Waals surface area contributed by atoms with E-state index in [1.54, 1.807) is 11.8 Å². The average molecular weight is 275 g/mol. The van der Waals surface area contributed by atoms with Crippen molar-refractivity contribution >= 4 is 23.5 Å². The number of amides is 1. The van der Waals surface area contributed by atoms with Crippen LogP contribution < -0.4 is 5.32 Å². The van der Waals surface area contributed by atoms with Crippen LogP contribution in [0, 0.1) is 6.92 Å². The quantitative estimate of drug-likeness (QED) is 0.842. The highest BCUT2D eigenvalue weighted by Crippen LogP contribution is 2.20. The maximum atomic E-state index is 12.2. The maximum absolute atomic E-state index is 12.2. The Kier molecular flexibility index (Phi) is 4.27. The van der Waals surface area contributed by atoms with Gasteiger partial charge in [0.2, 0.25) is 0 Å². The minimum atomic E-state index is -0.123. The molecule has 4 nitrogen and oxygen atoms in total. The number of anilines is 1. The molecule has 0 saturated heterocycles. The molecule has 0 aliphatic rings. The van der Waals surface area contributed by atoms with Crippen LogP contribution in [0.5, 0.6) is 0 Å². The topological polar surface area (TPSA) is 57.8 Å². The molecule has 1 heterocycles. The number of thioether (sulfide) groups is 1. The van der Waals surface area contributed by atoms with E-state index in [0.29, 0.717) is 11.4 Å². The Bertz CT molecular complexity index is 592. The molecule has 0 radical (unpaired) electrons. The number of hydrogen-bond donors (Lipinski definition) is 2. The van der Waals surface area contributed by atoms with E-state index >= 15 is 0 Å². The van der Waals surface area contributed by atoms with Crippen molar-refractivity contribution in [2.24, 2.45) is 0 Å². The number of hydrogen-bond acceptors (Lipinski definition) is 3. The van der Waals surface area contributed by atoms with Gasteiger partial charge < -0.3 is 5.32 Å². The van der Waals surface area contributed by atoms with Gasteiger partial charge in [0, 0.05) is 22.2 Å². The summed E-state index contributed by atoms with van der Waals surface area (Å²) >= 11 is 1.62. The van der Waals surface area contributed by atoms with E-state index in [9.17, 15) is 4.79 Å². The van der Waals surface area contributed by atoms with Gasteiger partial charge in [0.1, 0.15) is 0 Å². The standard InChI is InChI=1S/C14H17N3OS/c1-4-10-7-13(17-16-10)15-14(18)12-8-11(19-3)6-5-9(12)2/h5-8H,4H2,1-3H3,(H2,15,16,17,18). The molecule has 5 heteroatoms. The van der Waals surface area contributed by atoms with E-state index in [2.05, 4.69) is 15.5 Å². The van der Waals surface area contributed by atoms with Crippen LogP contribution >= 0.6 is 11.8 Å². The molecule has 1 amide bonds. The number of aryl methyl sites for hydroxylation is 2. The lowest BCUT2D eigenvalue weighted by Crippen LogP contribution is -2.13. The van der Waals surface area contributed by atoms with Gasteiger partial charge in [0.25, 0.3) is 5.91 Å². The van der Waals surface area contributed by atoms with Crippen molar-refractivity contribution in [1.82, 2.24) is 10.2 Å². The van der Waals surface area contributed by atoms with Crippen molar-refractivity contribution in [2.45, 2.75) is 25.2 Å². The molecule has 0 aliphatic carbocycles. The summed E-state index contributed by atoms with van der Waals surface area (Å²) in [6, 6.07) is 7.73. The van der Waals surface area contributed by atoms with E-state index in [1.807, 2.05) is 44.4 Å². The van der Waals surface area contributed by atoms with Crippen LogP contribution in [-0.2, 0) is 6.42 Å². The second-order valence-corrected chi connectivity index (χ2v) is 5.15. The second kappa shape index (κ2) is 5.93. The molecular weight excluding hydrogens is 258 g/mol. The van der Waals surface area contributed by atoms with Gasteiger partial charge in [-0.15, -0.1) is 11.8 Å². The van der Waals surface area contributed by atoms with Gasteiger partial charge in [-0.2, -0.15) is 5.10 Å². The highest BCUT2D eigenvalue weighted by atomic mass is 32.2. The zero-order valence-electron chi connectivity index (χ0n) is 11.3. The number of carbonyl (C=O) groups excluding carboxylic acids is 1. The molecule has 19 heavy (non-hydrogen) atoms. The van der Waals surface area contributed by atoms with Crippen LogP contribution in [0.4, 0.5) is 5.82 Å². The first-order chi connectivity index (χ1) is 9.13. The third-order valence-electron chi connectivity index (χ3n) is 2.94. The SMILES string of the molecule is CCc1cc(NC(=O)c2cc(SC)ccc2C)n[nH]1. The van der Waals surface area contributed by atoms with Crippen LogP contribution in [0.3, 0.4) is 0 Å². The zero-order valence-corrected chi connectivity index (χ0v) is 12.1. The smallest absolute Gasteiger partial charge is 0.257 e. The van der Waals surface area contributed by atoms with Gasteiger partial charge in [0.15, 0.2) is 5.82 Å². The fourth-order valence-electron chi connectivity index (χ4n) is 1.76. The van der Waals surface area contributed by atoms with Crippen LogP contribution in [0.1, 0.15) is 28.5 Å². The molecule has 2 rings (SSSR count). The van der Waals surface area contributed by atoms with Gasteiger partial charge in [-0.05, 0) is 37.3 Å². The van der Waals surface area contributed by atoms with Crippen LogP contribution in [-0.4, -0.2) is 22.4 Å². The first kappa shape index (κ1) is 13.7. The highest BCUT2D eigenvalue weighted by Gasteiger charge is 2.11. The van der Waals surface area contributed by atoms with E-state index in [1.165, 1.54) is 0 Å². The Balaban J connectivity index is 2.19. The van der Waals surface area contributed by atoms with Crippen molar-refractivity contribution in [1.29, 1.82) is 0 Å². The van der Waals surface area contributed by atoms with Crippen molar-refractivity contribution in [3.8, 4) is 0 Å². The summed E-state index contributed by atoms with van der Waals surface area (Å²) in [5.74, 6) is 0.443. The van der Waals surface area contributed by atoms with Crippen molar-refractivity contribution in [3.05, 3.63) is 41.1 Å². The summed E-state index contributed by atoms with van der Waals surface area (Å²) in [4.78, 5) is 13.3. The molecule has 1 aromatic heterocycles. The van der Waals surface area contributed by atoms with Crippen LogP contribution in [0.15, 0.2) is 29.2 Å². The fourth-order valence-corrected chi connectivity index (χ4v) is 2.20. The van der Waals surface area contributed by atoms with Crippen molar-refractivity contribution in [2.75, 3.05) is 11.6 Å². The Morgan fingerprint density at radius 1 is 1.42 bits per heavy atom. The van der Waals surface area contributed by atoms with Crippen LogP contribution in [0.25, 0.3) is 0 Å². The number of rotatable bonds is 4. The Morgan fingerprint density at radius 2 is 2.21 bits per heavy atom. The van der Waals surface area contributed by atoms with Gasteiger partial charge in [-0.1, -0.05) is 13.0 Å². The molecule has 0 aliphatic heterocycles. The summed E-state index contributed by atoms with van der Waals surface area (Å²) in [6.45, 7) is 3.96. The van der Waals surface area contributed by atoms with E-state index in [-0.39, 0.29) is 5.91 Å². The van der Waals surface area contributed by atoms with Gasteiger partial charge in [-0.25, -0.2) is 0 Å². The lowest BCUT2D eigenvalue weighted by Gasteiger charge is -2.07. The monoisotopic (exact) mass is 275 g/mol. The zero-order chi connectivity index (χ0) is 13.8. The molecule has 2 N–H and O–H groups in total. The van der Waals surface area contributed by atoms with E-state index in [4.69, 9.17) is 0 Å². The van der Waals surface area contributed by atoms with Gasteiger partial charge >= 0.3 is 0 Å². The minimum absolute atomic E-state index is 0.123. The van der Waals surface area contributed by atoms with Crippen LogP contribution in [0.2, 0.25) is 0 Å². The summed E-state index contributed by atoms with van der Waals surface area (Å²) < 4.78 is 0. The molecule has 0 unspecified atom stereocenters. The Morgan fingerprint density at radius 3 is 2.84 bits per heavy atom. The van der Waals surface area contributed by atoms with E-state index in [0.717, 1.165) is 22.6 Å². The summed E-state index contributed by atoms with van der Waals surface area (Å²) in [5, 5.41) is 9.76. The van der Waals surface area contributed by atoms with Gasteiger partial charge in [-0.3, -0.25) is 9.89 Å². The third kappa shape index (κ3) is 3.17. The maximum Gasteiger partial charge on any atom is 0.257 e. The number of nitrogens with zero attached hydrogens (tertiary/aromatic N) is 1. The number of benzene rings is 1. The number of H-pyrrole nitrogens is 1. The largest absolute Gasteiger partial charge is 0.305 e. The second-order valence-electron chi connectivity index (χ2n) is 4.27. The highest BCUT2D eigenvalue weighted by molar-refractivity contribution is 7.98. The molecule has 0 bridgehead atoms. The molecule has 0 fully saturated rings. The Hall–Kier alpha value is -1.75. The summed E-state index contributed by atoms with van der Waals surface area (Å²) in [7, 11) is 0. The lowest BCUT2D eigenvalue weighted by atomic mass is 10.1. The third-order valence-corrected chi connectivity index (χ3v) is 3.67. The first-order valence-electron chi connectivity index (χ1n) is 6.14. The molecule has 100 valence electrons. The number of aromatic nitrogens is 2. The van der Waals surface area contributed by atoms with Crippen molar-refractivity contribution in [3.63, 3.8) is 0 Å². The minimum Gasteiger partial charge on any atom is -0.305 e. The summed E-state index contributed by atoms with van der Waals surface area (Å²) in [5.41, 5.74) is 2.65. The predicted octanol–water partition coefficient (Wildman–Crippen LogP) is 3.25. The number of aromatic amines is 1. The first-order valence-corrected chi connectivity index (χ1v) is 7.36. The fraction of sp³-hybridized carbons (Fsp3) is 0.286. The van der Waals surface area contributed by atoms with Crippen molar-refractivity contribution < 1.29 is 4.79 Å². The molecule has 0 spiro atoms. The lowest BCUT2D eigenvalue weighted by molar-refractivity contribution is 0.102. The molecule has 2 aromatic rings. The average Bonchev–Trinajstić information content (AvgIpc) is 2.87. The summed E-state index contributed by atoms with van der Waals surface area (Å²) in [6.07, 6.45) is 2.86. The van der Waals surface area contributed by atoms with Gasteiger partial charge in [0.05, 0.1) is 0 Å².